The van der Waals surface area contributed by atoms with Gasteiger partial charge in [0.1, 0.15) is 11.5 Å². The summed E-state index contributed by atoms with van der Waals surface area (Å²) in [6.07, 6.45) is 0. The van der Waals surface area contributed by atoms with Crippen LogP contribution in [0.1, 0.15) is 18.5 Å². The van der Waals surface area contributed by atoms with E-state index >= 15 is 0 Å². The maximum atomic E-state index is 13.2. The molecule has 1 atom stereocenters. The molecule has 0 bridgehead atoms. The van der Waals surface area contributed by atoms with Crippen molar-refractivity contribution in [1.82, 2.24) is 5.32 Å². The molecule has 0 amide bonds. The topological polar surface area (TPSA) is 21.3 Å². The van der Waals surface area contributed by atoms with Gasteiger partial charge in [0.15, 0.2) is 11.6 Å². The van der Waals surface area contributed by atoms with Gasteiger partial charge in [-0.15, -0.1) is 0 Å². The van der Waals surface area contributed by atoms with Gasteiger partial charge in [-0.1, -0.05) is 15.9 Å². The van der Waals surface area contributed by atoms with E-state index in [2.05, 4.69) is 21.2 Å². The van der Waals surface area contributed by atoms with E-state index in [0.717, 1.165) is 22.2 Å². The van der Waals surface area contributed by atoms with Crippen molar-refractivity contribution in [3.05, 3.63) is 58.1 Å². The number of hydrogen-bond donors (Lipinski definition) is 1. The lowest BCUT2D eigenvalue weighted by Crippen LogP contribution is -2.13. The molecule has 0 aliphatic heterocycles. The SMILES string of the molecule is CNC(C)c1cc(Br)ccc1Oc1ccc(F)c(F)c1. The summed E-state index contributed by atoms with van der Waals surface area (Å²) in [6.45, 7) is 1.99. The molecule has 0 saturated carbocycles. The van der Waals surface area contributed by atoms with Crippen LogP contribution in [-0.2, 0) is 0 Å². The highest BCUT2D eigenvalue weighted by atomic mass is 79.9. The number of hydrogen-bond acceptors (Lipinski definition) is 2. The standard InChI is InChI=1S/C15H14BrF2NO/c1-9(19-2)12-7-10(16)3-6-15(12)20-11-4-5-13(17)14(18)8-11/h3-9,19H,1-2H3. The van der Waals surface area contributed by atoms with Crippen molar-refractivity contribution >= 4 is 15.9 Å². The average Bonchev–Trinajstić information content (AvgIpc) is 2.44. The summed E-state index contributed by atoms with van der Waals surface area (Å²) in [7, 11) is 1.84. The quantitative estimate of drug-likeness (QED) is 0.862. The number of rotatable bonds is 4. The lowest BCUT2D eigenvalue weighted by atomic mass is 10.1. The zero-order valence-electron chi connectivity index (χ0n) is 11.1. The molecular weight excluding hydrogens is 328 g/mol. The second kappa shape index (κ2) is 6.33. The first-order valence-electron chi connectivity index (χ1n) is 6.11. The van der Waals surface area contributed by atoms with Crippen molar-refractivity contribution in [2.75, 3.05) is 7.05 Å². The maximum Gasteiger partial charge on any atom is 0.162 e. The van der Waals surface area contributed by atoms with Gasteiger partial charge in [0.2, 0.25) is 0 Å². The maximum absolute atomic E-state index is 13.2. The predicted molar refractivity (Wildman–Crippen MR) is 78.0 cm³/mol. The molecule has 2 nitrogen and oxygen atoms in total. The largest absolute Gasteiger partial charge is 0.457 e. The molecule has 106 valence electrons. The van der Waals surface area contributed by atoms with Gasteiger partial charge in [-0.3, -0.25) is 0 Å². The van der Waals surface area contributed by atoms with Crippen LogP contribution in [0.3, 0.4) is 0 Å². The van der Waals surface area contributed by atoms with Crippen LogP contribution < -0.4 is 10.1 Å². The Morgan fingerprint density at radius 1 is 1.10 bits per heavy atom. The van der Waals surface area contributed by atoms with Crippen LogP contribution in [0.15, 0.2) is 40.9 Å². The van der Waals surface area contributed by atoms with Crippen molar-refractivity contribution in [3.8, 4) is 11.5 Å². The molecule has 0 saturated heterocycles. The Morgan fingerprint density at radius 3 is 2.50 bits per heavy atom. The summed E-state index contributed by atoms with van der Waals surface area (Å²) in [5, 5.41) is 3.12. The predicted octanol–water partition coefficient (Wildman–Crippen LogP) is 4.80. The van der Waals surface area contributed by atoms with Crippen LogP contribution >= 0.6 is 15.9 Å². The van der Waals surface area contributed by atoms with E-state index in [1.807, 2.05) is 26.1 Å². The second-order valence-electron chi connectivity index (χ2n) is 4.37. The molecule has 0 radical (unpaired) electrons. The minimum absolute atomic E-state index is 0.0628. The number of ether oxygens (including phenoxy) is 1. The molecule has 0 aliphatic rings. The first-order valence-corrected chi connectivity index (χ1v) is 6.90. The minimum Gasteiger partial charge on any atom is -0.457 e. The van der Waals surface area contributed by atoms with Crippen molar-refractivity contribution < 1.29 is 13.5 Å². The number of halogens is 3. The van der Waals surface area contributed by atoms with Crippen LogP contribution in [0.5, 0.6) is 11.5 Å². The van der Waals surface area contributed by atoms with Gasteiger partial charge in [0, 0.05) is 22.1 Å². The minimum atomic E-state index is -0.928. The van der Waals surface area contributed by atoms with E-state index in [0.29, 0.717) is 5.75 Å². The smallest absolute Gasteiger partial charge is 0.162 e. The fourth-order valence-electron chi connectivity index (χ4n) is 1.77. The summed E-state index contributed by atoms with van der Waals surface area (Å²) < 4.78 is 32.7. The molecule has 1 N–H and O–H groups in total. The van der Waals surface area contributed by atoms with Crippen LogP contribution in [-0.4, -0.2) is 7.05 Å². The Balaban J connectivity index is 2.35. The van der Waals surface area contributed by atoms with Gasteiger partial charge in [0.05, 0.1) is 0 Å². The number of benzene rings is 2. The Bertz CT molecular complexity index is 619. The highest BCUT2D eigenvalue weighted by molar-refractivity contribution is 9.10. The lowest BCUT2D eigenvalue weighted by molar-refractivity contribution is 0.451. The molecule has 0 aromatic heterocycles. The van der Waals surface area contributed by atoms with Crippen molar-refractivity contribution in [1.29, 1.82) is 0 Å². The number of nitrogens with one attached hydrogen (secondary N) is 1. The van der Waals surface area contributed by atoms with E-state index in [4.69, 9.17) is 4.74 Å². The molecule has 0 spiro atoms. The van der Waals surface area contributed by atoms with E-state index in [9.17, 15) is 8.78 Å². The molecule has 0 aliphatic carbocycles. The molecule has 0 fully saturated rings. The van der Waals surface area contributed by atoms with Gasteiger partial charge in [-0.2, -0.15) is 0 Å². The van der Waals surface area contributed by atoms with Gasteiger partial charge in [0.25, 0.3) is 0 Å². The molecule has 20 heavy (non-hydrogen) atoms. The van der Waals surface area contributed by atoms with E-state index in [-0.39, 0.29) is 11.8 Å². The summed E-state index contributed by atoms with van der Waals surface area (Å²) in [6, 6.07) is 9.09. The van der Waals surface area contributed by atoms with Crippen LogP contribution in [0.25, 0.3) is 0 Å². The van der Waals surface area contributed by atoms with E-state index in [1.165, 1.54) is 6.07 Å². The van der Waals surface area contributed by atoms with Gasteiger partial charge in [-0.05, 0) is 44.3 Å². The summed E-state index contributed by atoms with van der Waals surface area (Å²) in [5.41, 5.74) is 0.923. The summed E-state index contributed by atoms with van der Waals surface area (Å²) in [4.78, 5) is 0. The first kappa shape index (κ1) is 14.9. The Morgan fingerprint density at radius 2 is 1.85 bits per heavy atom. The first-order chi connectivity index (χ1) is 9.51. The Hall–Kier alpha value is -1.46. The molecule has 0 heterocycles. The Labute approximate surface area is 124 Å². The molecule has 1 unspecified atom stereocenters. The highest BCUT2D eigenvalue weighted by Gasteiger charge is 2.12. The third-order valence-electron chi connectivity index (χ3n) is 2.99. The van der Waals surface area contributed by atoms with Crippen LogP contribution in [0.4, 0.5) is 8.78 Å². The fourth-order valence-corrected chi connectivity index (χ4v) is 2.15. The third kappa shape index (κ3) is 3.35. The van der Waals surface area contributed by atoms with Gasteiger partial charge < -0.3 is 10.1 Å². The summed E-state index contributed by atoms with van der Waals surface area (Å²) >= 11 is 3.41. The lowest BCUT2D eigenvalue weighted by Gasteiger charge is -2.17. The average molecular weight is 342 g/mol. The van der Waals surface area contributed by atoms with Crippen LogP contribution in [0, 0.1) is 11.6 Å². The highest BCUT2D eigenvalue weighted by Crippen LogP contribution is 2.32. The molecule has 2 rings (SSSR count). The molecular formula is C15H14BrF2NO. The van der Waals surface area contributed by atoms with Gasteiger partial charge in [-0.25, -0.2) is 8.78 Å². The molecule has 5 heteroatoms. The van der Waals surface area contributed by atoms with Crippen LogP contribution in [0.2, 0.25) is 0 Å². The third-order valence-corrected chi connectivity index (χ3v) is 3.48. The zero-order valence-corrected chi connectivity index (χ0v) is 12.7. The van der Waals surface area contributed by atoms with E-state index < -0.39 is 11.6 Å². The Kier molecular flexibility index (Phi) is 4.73. The molecule has 2 aromatic rings. The second-order valence-corrected chi connectivity index (χ2v) is 5.29. The molecule has 2 aromatic carbocycles. The van der Waals surface area contributed by atoms with Crippen molar-refractivity contribution in [3.63, 3.8) is 0 Å². The van der Waals surface area contributed by atoms with Gasteiger partial charge >= 0.3 is 0 Å². The monoisotopic (exact) mass is 341 g/mol. The van der Waals surface area contributed by atoms with E-state index in [1.54, 1.807) is 6.07 Å². The normalized spacial score (nSPS) is 12.2. The van der Waals surface area contributed by atoms with Crippen molar-refractivity contribution in [2.24, 2.45) is 0 Å². The summed E-state index contributed by atoms with van der Waals surface area (Å²) in [5.74, 6) is -0.961. The zero-order chi connectivity index (χ0) is 14.7. The van der Waals surface area contributed by atoms with Crippen molar-refractivity contribution in [2.45, 2.75) is 13.0 Å². The fraction of sp³-hybridized carbons (Fsp3) is 0.200.